The van der Waals surface area contributed by atoms with Crippen LogP contribution in [0.15, 0.2) is 85.1 Å². The van der Waals surface area contributed by atoms with Gasteiger partial charge in [-0.05, 0) is 70.6 Å². The summed E-state index contributed by atoms with van der Waals surface area (Å²) in [6, 6.07) is -1.04. The molecule has 8 unspecified atom stereocenters. The summed E-state index contributed by atoms with van der Waals surface area (Å²) in [4.78, 5) is 26.5. The molecule has 6 N–H and O–H groups in total. The van der Waals surface area contributed by atoms with Crippen LogP contribution in [0.2, 0.25) is 0 Å². The van der Waals surface area contributed by atoms with Gasteiger partial charge in [0.05, 0.1) is 25.4 Å². The summed E-state index contributed by atoms with van der Waals surface area (Å²) >= 11 is 0. The van der Waals surface area contributed by atoms with E-state index in [0.717, 1.165) is 77.0 Å². The van der Waals surface area contributed by atoms with Crippen molar-refractivity contribution in [2.75, 3.05) is 13.2 Å². The summed E-state index contributed by atoms with van der Waals surface area (Å²) in [6.07, 6.45) is 53.4. The number of unbranched alkanes of at least 4 members (excludes halogenated alkanes) is 26. The Morgan fingerprint density at radius 2 is 1.00 bits per heavy atom. The van der Waals surface area contributed by atoms with Crippen LogP contribution < -0.4 is 5.32 Å². The topological polar surface area (TPSA) is 175 Å². The van der Waals surface area contributed by atoms with Gasteiger partial charge in [-0.15, -0.1) is 0 Å². The number of carbonyl (C=O) groups is 2. The van der Waals surface area contributed by atoms with Crippen LogP contribution in [0.1, 0.15) is 233 Å². The fourth-order valence-corrected chi connectivity index (χ4v) is 8.72. The molecule has 1 saturated heterocycles. The minimum absolute atomic E-state index is 0.0708. The second-order valence-electron chi connectivity index (χ2n) is 20.1. The van der Waals surface area contributed by atoms with E-state index in [1.165, 1.54) is 109 Å². The summed E-state index contributed by atoms with van der Waals surface area (Å²) in [7, 11) is 0. The van der Waals surface area contributed by atoms with E-state index in [1.807, 2.05) is 54.7 Å². The van der Waals surface area contributed by atoms with Crippen molar-refractivity contribution < 1.29 is 49.3 Å². The van der Waals surface area contributed by atoms with Gasteiger partial charge in [-0.2, -0.15) is 0 Å². The third kappa shape index (κ3) is 38.1. The van der Waals surface area contributed by atoms with E-state index < -0.39 is 67.4 Å². The summed E-state index contributed by atoms with van der Waals surface area (Å²) in [5, 5.41) is 56.8. The van der Waals surface area contributed by atoms with Crippen molar-refractivity contribution in [1.82, 2.24) is 5.32 Å². The smallest absolute Gasteiger partial charge is 0.306 e. The molecule has 1 aliphatic rings. The van der Waals surface area contributed by atoms with E-state index in [9.17, 15) is 35.1 Å². The van der Waals surface area contributed by atoms with Gasteiger partial charge in [0.1, 0.15) is 24.4 Å². The van der Waals surface area contributed by atoms with Crippen molar-refractivity contribution in [1.29, 1.82) is 0 Å². The van der Waals surface area contributed by atoms with Crippen LogP contribution >= 0.6 is 0 Å². The minimum atomic E-state index is -1.63. The molecule has 0 aromatic carbocycles. The van der Waals surface area contributed by atoms with Crippen LogP contribution in [0, 0.1) is 0 Å². The lowest BCUT2D eigenvalue weighted by Gasteiger charge is -2.41. The molecular weight excluding hydrogens is 919 g/mol. The second-order valence-corrected chi connectivity index (χ2v) is 20.1. The molecule has 0 aliphatic carbocycles. The SMILES string of the molecule is CC/C=C/C=C/C=C\C=C/C=C/CCCCCC(=O)OC1C(OCC(NC(=O)C(O)CCCCCCCCCC/C=C/CCCCCCCC)C(O)/C=C/CCCCCCCCCCC)OC(CO)C(O)C1O. The molecule has 11 nitrogen and oxygen atoms in total. The van der Waals surface area contributed by atoms with Gasteiger partial charge in [-0.25, -0.2) is 0 Å². The van der Waals surface area contributed by atoms with Crippen LogP contribution in [0.25, 0.3) is 0 Å². The van der Waals surface area contributed by atoms with Crippen molar-refractivity contribution in [3.63, 3.8) is 0 Å². The number of esters is 1. The summed E-state index contributed by atoms with van der Waals surface area (Å²) in [6.45, 7) is 5.60. The maximum atomic E-state index is 13.4. The lowest BCUT2D eigenvalue weighted by molar-refractivity contribution is -0.305. The number of allylic oxidation sites excluding steroid dienone is 13. The van der Waals surface area contributed by atoms with Crippen LogP contribution in [0.5, 0.6) is 0 Å². The Labute approximate surface area is 444 Å². The Morgan fingerprint density at radius 1 is 0.548 bits per heavy atom. The van der Waals surface area contributed by atoms with Crippen molar-refractivity contribution in [3.8, 4) is 0 Å². The molecule has 0 aromatic rings. The third-order valence-corrected chi connectivity index (χ3v) is 13.4. The zero-order chi connectivity index (χ0) is 53.3. The predicted octanol–water partition coefficient (Wildman–Crippen LogP) is 13.4. The largest absolute Gasteiger partial charge is 0.454 e. The van der Waals surface area contributed by atoms with Crippen molar-refractivity contribution >= 4 is 11.9 Å². The predicted molar refractivity (Wildman–Crippen MR) is 301 cm³/mol. The first kappa shape index (κ1) is 67.9. The number of rotatable bonds is 48. The maximum absolute atomic E-state index is 13.4. The van der Waals surface area contributed by atoms with Crippen LogP contribution in [-0.4, -0.2) is 99.6 Å². The molecule has 1 amide bonds. The average molecular weight is 1030 g/mol. The highest BCUT2D eigenvalue weighted by Gasteiger charge is 2.47. The number of hydrogen-bond donors (Lipinski definition) is 6. The van der Waals surface area contributed by atoms with E-state index in [1.54, 1.807) is 6.08 Å². The molecule has 420 valence electrons. The first-order valence-corrected chi connectivity index (χ1v) is 29.4. The van der Waals surface area contributed by atoms with Crippen molar-refractivity contribution in [2.45, 2.75) is 282 Å². The zero-order valence-corrected chi connectivity index (χ0v) is 46.2. The highest BCUT2D eigenvalue weighted by molar-refractivity contribution is 5.80. The molecule has 0 aromatic heterocycles. The number of hydrogen-bond acceptors (Lipinski definition) is 10. The van der Waals surface area contributed by atoms with E-state index in [4.69, 9.17) is 14.2 Å². The molecule has 8 atom stereocenters. The fraction of sp³-hybridized carbons (Fsp3) is 0.742. The second kappa shape index (κ2) is 49.7. The quantitative estimate of drug-likeness (QED) is 0.0149. The molecule has 0 saturated carbocycles. The summed E-state index contributed by atoms with van der Waals surface area (Å²) in [5.41, 5.74) is 0. The number of aliphatic hydroxyl groups excluding tert-OH is 5. The van der Waals surface area contributed by atoms with Crippen LogP contribution in [-0.2, 0) is 23.8 Å². The van der Waals surface area contributed by atoms with Crippen molar-refractivity contribution in [3.05, 3.63) is 85.1 Å². The molecule has 11 heteroatoms. The Morgan fingerprint density at radius 3 is 1.52 bits per heavy atom. The van der Waals surface area contributed by atoms with Gasteiger partial charge in [-0.1, -0.05) is 241 Å². The molecule has 1 fully saturated rings. The zero-order valence-electron chi connectivity index (χ0n) is 46.2. The number of amides is 1. The molecule has 0 bridgehead atoms. The molecule has 0 radical (unpaired) electrons. The lowest BCUT2D eigenvalue weighted by Crippen LogP contribution is -2.61. The minimum Gasteiger partial charge on any atom is -0.454 e. The Hall–Kier alpha value is -3.16. The molecule has 1 heterocycles. The summed E-state index contributed by atoms with van der Waals surface area (Å²) in [5.74, 6) is -1.24. The Bertz CT molecular complexity index is 1510. The molecule has 0 spiro atoms. The Balaban J connectivity index is 2.73. The van der Waals surface area contributed by atoms with E-state index in [0.29, 0.717) is 12.8 Å². The summed E-state index contributed by atoms with van der Waals surface area (Å²) < 4.78 is 17.5. The van der Waals surface area contributed by atoms with Gasteiger partial charge in [0, 0.05) is 6.42 Å². The van der Waals surface area contributed by atoms with Gasteiger partial charge in [-0.3, -0.25) is 9.59 Å². The fourth-order valence-electron chi connectivity index (χ4n) is 8.72. The molecule has 1 aliphatic heterocycles. The number of ether oxygens (including phenoxy) is 3. The average Bonchev–Trinajstić information content (AvgIpc) is 3.39. The standard InChI is InChI=1S/C62H107NO10/c1-4-7-10-13-16-19-22-24-26-27-28-30-31-34-37-40-43-46-49-55(66)61(70)63-53(54(65)48-45-42-39-36-33-21-18-15-12-9-6-3)52-71-62-60(59(69)58(68)56(51-64)72-62)73-57(67)50-47-44-41-38-35-32-29-25-23-20-17-14-11-8-5-2/h8,11,14,17,20,23-26,29,32,35,45,48,53-56,58-60,62,64-66,68-69H,4-7,9-10,12-13,15-16,18-19,21-22,27-28,30-31,33-34,36-44,46-47,49-52H2,1-3H3,(H,63,70)/b11-8+,17-14+,23-20-,26-24+,29-25-,35-32+,48-45+. The normalized spacial score (nSPS) is 20.0. The maximum Gasteiger partial charge on any atom is 0.306 e. The van der Waals surface area contributed by atoms with E-state index >= 15 is 0 Å². The number of carbonyl (C=O) groups excluding carboxylic acids is 2. The lowest BCUT2D eigenvalue weighted by atomic mass is 9.99. The van der Waals surface area contributed by atoms with Gasteiger partial charge in [0.15, 0.2) is 12.4 Å². The number of aliphatic hydroxyl groups is 5. The highest BCUT2D eigenvalue weighted by Crippen LogP contribution is 2.26. The highest BCUT2D eigenvalue weighted by atomic mass is 16.7. The van der Waals surface area contributed by atoms with Gasteiger partial charge >= 0.3 is 5.97 Å². The Kier molecular flexibility index (Phi) is 46.2. The van der Waals surface area contributed by atoms with E-state index in [2.05, 4.69) is 50.4 Å². The first-order chi connectivity index (χ1) is 35.7. The van der Waals surface area contributed by atoms with Gasteiger partial charge in [0.25, 0.3) is 0 Å². The van der Waals surface area contributed by atoms with E-state index in [-0.39, 0.29) is 19.4 Å². The van der Waals surface area contributed by atoms with Crippen molar-refractivity contribution in [2.24, 2.45) is 0 Å². The third-order valence-electron chi connectivity index (χ3n) is 13.4. The molecule has 73 heavy (non-hydrogen) atoms. The van der Waals surface area contributed by atoms with Crippen LogP contribution in [0.3, 0.4) is 0 Å². The molecule has 1 rings (SSSR count). The van der Waals surface area contributed by atoms with Gasteiger partial charge in [0.2, 0.25) is 5.91 Å². The van der Waals surface area contributed by atoms with Crippen LogP contribution in [0.4, 0.5) is 0 Å². The first-order valence-electron chi connectivity index (χ1n) is 29.4. The van der Waals surface area contributed by atoms with Gasteiger partial charge < -0.3 is 45.1 Å². The monoisotopic (exact) mass is 1030 g/mol. The number of nitrogens with one attached hydrogen (secondary N) is 1. The molecular formula is C62H107NO10.